The quantitative estimate of drug-likeness (QED) is 0.774. The Hall–Kier alpha value is -0.0800. The highest BCUT2D eigenvalue weighted by molar-refractivity contribution is 4.75. The van der Waals surface area contributed by atoms with E-state index < -0.39 is 0 Å². The molecule has 2 nitrogen and oxygen atoms in total. The maximum Gasteiger partial charge on any atom is 0.000966 e. The molecular formula is C13H26N2. The average Bonchev–Trinajstić information content (AvgIpc) is 2.64. The Kier molecular flexibility index (Phi) is 4.45. The molecule has 2 heteroatoms. The van der Waals surface area contributed by atoms with Gasteiger partial charge in [0, 0.05) is 6.54 Å². The van der Waals surface area contributed by atoms with Gasteiger partial charge in [-0.3, -0.25) is 0 Å². The van der Waals surface area contributed by atoms with Crippen LogP contribution in [0.4, 0.5) is 0 Å². The fraction of sp³-hybridized carbons (Fsp3) is 1.00. The van der Waals surface area contributed by atoms with Crippen molar-refractivity contribution in [1.29, 1.82) is 0 Å². The van der Waals surface area contributed by atoms with Gasteiger partial charge in [0.2, 0.25) is 0 Å². The third-order valence-corrected chi connectivity index (χ3v) is 4.26. The molecule has 1 unspecified atom stereocenters. The van der Waals surface area contributed by atoms with E-state index in [0.717, 1.165) is 18.4 Å². The topological polar surface area (TPSA) is 29.3 Å². The monoisotopic (exact) mass is 210 g/mol. The van der Waals surface area contributed by atoms with Crippen LogP contribution in [0.3, 0.4) is 0 Å². The van der Waals surface area contributed by atoms with E-state index in [4.69, 9.17) is 5.73 Å². The fourth-order valence-electron chi connectivity index (χ4n) is 3.20. The summed E-state index contributed by atoms with van der Waals surface area (Å²) in [7, 11) is 0. The van der Waals surface area contributed by atoms with Crippen LogP contribution in [0.1, 0.15) is 44.9 Å². The van der Waals surface area contributed by atoms with Crippen LogP contribution in [-0.2, 0) is 0 Å². The molecule has 1 atom stereocenters. The van der Waals surface area contributed by atoms with Gasteiger partial charge in [-0.25, -0.2) is 0 Å². The van der Waals surface area contributed by atoms with Crippen molar-refractivity contribution in [3.8, 4) is 0 Å². The maximum absolute atomic E-state index is 5.76. The molecule has 0 aromatic heterocycles. The molecule has 1 aliphatic heterocycles. The van der Waals surface area contributed by atoms with Gasteiger partial charge in [0.25, 0.3) is 0 Å². The SMILES string of the molecule is NCC1CCCN(CC2CCCC2)CC1. The van der Waals surface area contributed by atoms with Gasteiger partial charge in [-0.05, 0) is 63.6 Å². The third kappa shape index (κ3) is 3.46. The molecule has 0 aromatic rings. The van der Waals surface area contributed by atoms with Gasteiger partial charge in [-0.2, -0.15) is 0 Å². The summed E-state index contributed by atoms with van der Waals surface area (Å²) in [6, 6.07) is 0. The van der Waals surface area contributed by atoms with Crippen molar-refractivity contribution in [2.45, 2.75) is 44.9 Å². The van der Waals surface area contributed by atoms with Gasteiger partial charge in [0.05, 0.1) is 0 Å². The predicted molar refractivity (Wildman–Crippen MR) is 64.8 cm³/mol. The van der Waals surface area contributed by atoms with Crippen LogP contribution in [0.5, 0.6) is 0 Å². The molecule has 0 amide bonds. The van der Waals surface area contributed by atoms with Crippen molar-refractivity contribution in [3.05, 3.63) is 0 Å². The first kappa shape index (κ1) is 11.4. The number of hydrogen-bond acceptors (Lipinski definition) is 2. The zero-order chi connectivity index (χ0) is 10.5. The standard InChI is InChI=1S/C13H26N2/c14-10-12-6-3-8-15(9-7-12)11-13-4-1-2-5-13/h12-13H,1-11,14H2. The van der Waals surface area contributed by atoms with Crippen LogP contribution in [0.2, 0.25) is 0 Å². The summed E-state index contributed by atoms with van der Waals surface area (Å²) < 4.78 is 0. The average molecular weight is 210 g/mol. The minimum absolute atomic E-state index is 0.804. The molecule has 1 aliphatic carbocycles. The second-order valence-electron chi connectivity index (χ2n) is 5.48. The molecule has 2 N–H and O–H groups in total. The summed E-state index contributed by atoms with van der Waals surface area (Å²) in [5.74, 6) is 1.82. The van der Waals surface area contributed by atoms with Crippen molar-refractivity contribution in [1.82, 2.24) is 4.90 Å². The molecule has 1 heterocycles. The second kappa shape index (κ2) is 5.86. The van der Waals surface area contributed by atoms with Gasteiger partial charge in [-0.1, -0.05) is 12.8 Å². The molecule has 1 saturated heterocycles. The molecule has 15 heavy (non-hydrogen) atoms. The number of nitrogens with zero attached hydrogens (tertiary/aromatic N) is 1. The van der Waals surface area contributed by atoms with E-state index in [-0.39, 0.29) is 0 Å². The smallest absolute Gasteiger partial charge is 0.000966 e. The molecule has 0 bridgehead atoms. The van der Waals surface area contributed by atoms with Crippen LogP contribution in [-0.4, -0.2) is 31.1 Å². The van der Waals surface area contributed by atoms with Crippen LogP contribution in [0.15, 0.2) is 0 Å². The number of nitrogens with two attached hydrogens (primary N) is 1. The van der Waals surface area contributed by atoms with Gasteiger partial charge < -0.3 is 10.6 Å². The van der Waals surface area contributed by atoms with Crippen LogP contribution in [0, 0.1) is 11.8 Å². The molecule has 2 rings (SSSR count). The molecule has 0 spiro atoms. The van der Waals surface area contributed by atoms with E-state index in [1.165, 1.54) is 64.6 Å². The van der Waals surface area contributed by atoms with Crippen molar-refractivity contribution < 1.29 is 0 Å². The zero-order valence-corrected chi connectivity index (χ0v) is 9.96. The summed E-state index contributed by atoms with van der Waals surface area (Å²) in [6.07, 6.45) is 9.98. The summed E-state index contributed by atoms with van der Waals surface area (Å²) >= 11 is 0. The lowest BCUT2D eigenvalue weighted by Crippen LogP contribution is -2.30. The fourth-order valence-corrected chi connectivity index (χ4v) is 3.20. The number of rotatable bonds is 3. The molecule has 2 aliphatic rings. The molecular weight excluding hydrogens is 184 g/mol. The molecule has 0 aromatic carbocycles. The highest BCUT2D eigenvalue weighted by Crippen LogP contribution is 2.26. The van der Waals surface area contributed by atoms with E-state index >= 15 is 0 Å². The molecule has 0 radical (unpaired) electrons. The molecule has 88 valence electrons. The maximum atomic E-state index is 5.76. The normalized spacial score (nSPS) is 30.6. The summed E-state index contributed by atoms with van der Waals surface area (Å²) in [5, 5.41) is 0. The Morgan fingerprint density at radius 1 is 0.867 bits per heavy atom. The van der Waals surface area contributed by atoms with Crippen LogP contribution in [0.25, 0.3) is 0 Å². The minimum atomic E-state index is 0.804. The largest absolute Gasteiger partial charge is 0.330 e. The summed E-state index contributed by atoms with van der Waals surface area (Å²) in [4.78, 5) is 2.70. The van der Waals surface area contributed by atoms with Gasteiger partial charge in [0.15, 0.2) is 0 Å². The van der Waals surface area contributed by atoms with Crippen molar-refractivity contribution in [3.63, 3.8) is 0 Å². The Bertz CT molecular complexity index is 175. The van der Waals surface area contributed by atoms with E-state index in [2.05, 4.69) is 4.90 Å². The third-order valence-electron chi connectivity index (χ3n) is 4.26. The lowest BCUT2D eigenvalue weighted by atomic mass is 10.0. The van der Waals surface area contributed by atoms with E-state index in [1.807, 2.05) is 0 Å². The molecule has 2 fully saturated rings. The zero-order valence-electron chi connectivity index (χ0n) is 9.96. The number of hydrogen-bond donors (Lipinski definition) is 1. The second-order valence-corrected chi connectivity index (χ2v) is 5.48. The van der Waals surface area contributed by atoms with Gasteiger partial charge >= 0.3 is 0 Å². The van der Waals surface area contributed by atoms with Crippen molar-refractivity contribution in [2.24, 2.45) is 17.6 Å². The predicted octanol–water partition coefficient (Wildman–Crippen LogP) is 2.24. The Labute approximate surface area is 94.2 Å². The first-order chi connectivity index (χ1) is 7.38. The summed E-state index contributed by atoms with van der Waals surface area (Å²) in [6.45, 7) is 4.90. The Balaban J connectivity index is 1.72. The summed E-state index contributed by atoms with van der Waals surface area (Å²) in [5.41, 5.74) is 5.76. The Morgan fingerprint density at radius 2 is 1.60 bits per heavy atom. The first-order valence-electron chi connectivity index (χ1n) is 6.81. The van der Waals surface area contributed by atoms with E-state index in [1.54, 1.807) is 0 Å². The van der Waals surface area contributed by atoms with Gasteiger partial charge in [-0.15, -0.1) is 0 Å². The van der Waals surface area contributed by atoms with Crippen molar-refractivity contribution in [2.75, 3.05) is 26.2 Å². The molecule has 1 saturated carbocycles. The van der Waals surface area contributed by atoms with Gasteiger partial charge in [0.1, 0.15) is 0 Å². The Morgan fingerprint density at radius 3 is 2.33 bits per heavy atom. The highest BCUT2D eigenvalue weighted by Gasteiger charge is 2.21. The van der Waals surface area contributed by atoms with Crippen LogP contribution >= 0.6 is 0 Å². The first-order valence-corrected chi connectivity index (χ1v) is 6.81. The van der Waals surface area contributed by atoms with Crippen molar-refractivity contribution >= 4 is 0 Å². The highest BCUT2D eigenvalue weighted by atomic mass is 15.1. The number of likely N-dealkylation sites (tertiary alicyclic amines) is 1. The lowest BCUT2D eigenvalue weighted by molar-refractivity contribution is 0.237. The van der Waals surface area contributed by atoms with E-state index in [0.29, 0.717) is 0 Å². The lowest BCUT2D eigenvalue weighted by Gasteiger charge is -2.23. The van der Waals surface area contributed by atoms with E-state index in [9.17, 15) is 0 Å². The minimum Gasteiger partial charge on any atom is -0.330 e. The van der Waals surface area contributed by atoms with Crippen LogP contribution < -0.4 is 5.73 Å².